The first-order valence-electron chi connectivity index (χ1n) is 3.55. The second kappa shape index (κ2) is 3.17. The minimum atomic E-state index is -0.583. The third-order valence-corrected chi connectivity index (χ3v) is 1.21. The Bertz CT molecular complexity index is 155. The standard InChI is InChI=1S/C7H14BBrO2/c1-6(2,9)5(10)11-7(3,4)8/h8H2,1-4H3. The third kappa shape index (κ3) is 5.30. The number of carbonyl (C=O) groups excluding carboxylic acids is 1. The molecule has 0 rings (SSSR count). The minimum Gasteiger partial charge on any atom is -0.468 e. The number of carbonyl (C=O) groups is 1. The summed E-state index contributed by atoms with van der Waals surface area (Å²) < 4.78 is 4.53. The molecule has 0 aromatic heterocycles. The topological polar surface area (TPSA) is 26.3 Å². The number of ether oxygens (including phenoxy) is 1. The van der Waals surface area contributed by atoms with Crippen LogP contribution in [-0.4, -0.2) is 23.6 Å². The molecule has 0 radical (unpaired) electrons. The smallest absolute Gasteiger partial charge is 0.322 e. The van der Waals surface area contributed by atoms with Gasteiger partial charge in [0.1, 0.15) is 4.32 Å². The number of esters is 1. The molecule has 4 heteroatoms. The van der Waals surface area contributed by atoms with Crippen LogP contribution in [0.25, 0.3) is 0 Å². The highest BCUT2D eigenvalue weighted by molar-refractivity contribution is 9.10. The highest BCUT2D eigenvalue weighted by atomic mass is 79.9. The lowest BCUT2D eigenvalue weighted by Crippen LogP contribution is -2.36. The van der Waals surface area contributed by atoms with Crippen molar-refractivity contribution in [2.75, 3.05) is 0 Å². The summed E-state index contributed by atoms with van der Waals surface area (Å²) in [5.41, 5.74) is -0.401. The highest BCUT2D eigenvalue weighted by Crippen LogP contribution is 2.20. The van der Waals surface area contributed by atoms with Crippen LogP contribution in [0.5, 0.6) is 0 Å². The summed E-state index contributed by atoms with van der Waals surface area (Å²) in [7, 11) is 1.85. The van der Waals surface area contributed by atoms with Gasteiger partial charge >= 0.3 is 5.97 Å². The summed E-state index contributed by atoms with van der Waals surface area (Å²) in [6, 6.07) is 0. The summed E-state index contributed by atoms with van der Waals surface area (Å²) in [6.45, 7) is 7.23. The van der Waals surface area contributed by atoms with Crippen molar-refractivity contribution in [3.63, 3.8) is 0 Å². The Morgan fingerprint density at radius 1 is 1.36 bits per heavy atom. The molecular weight excluding hydrogens is 207 g/mol. The summed E-state index contributed by atoms with van der Waals surface area (Å²) in [5, 5.41) is 0. The molecule has 0 atom stereocenters. The van der Waals surface area contributed by atoms with Crippen LogP contribution >= 0.6 is 15.9 Å². The largest absolute Gasteiger partial charge is 0.468 e. The predicted molar refractivity (Wildman–Crippen MR) is 51.7 cm³/mol. The molecule has 0 heterocycles. The van der Waals surface area contributed by atoms with E-state index in [1.807, 2.05) is 21.7 Å². The van der Waals surface area contributed by atoms with Gasteiger partial charge in [-0.15, -0.1) is 0 Å². The van der Waals surface area contributed by atoms with E-state index in [4.69, 9.17) is 4.74 Å². The van der Waals surface area contributed by atoms with Crippen LogP contribution < -0.4 is 0 Å². The summed E-state index contributed by atoms with van der Waals surface area (Å²) in [6.07, 6.45) is 0. The van der Waals surface area contributed by atoms with Crippen molar-refractivity contribution in [3.05, 3.63) is 0 Å². The molecule has 0 fully saturated rings. The second-order valence-corrected chi connectivity index (χ2v) is 5.96. The van der Waals surface area contributed by atoms with Crippen molar-refractivity contribution in [3.8, 4) is 0 Å². The normalized spacial score (nSPS) is 12.8. The van der Waals surface area contributed by atoms with E-state index in [0.29, 0.717) is 0 Å². The Hall–Kier alpha value is 0.0149. The molecule has 0 unspecified atom stereocenters. The van der Waals surface area contributed by atoms with E-state index < -0.39 is 9.82 Å². The van der Waals surface area contributed by atoms with E-state index in [1.165, 1.54) is 0 Å². The van der Waals surface area contributed by atoms with Gasteiger partial charge in [-0.05, 0) is 27.7 Å². The van der Waals surface area contributed by atoms with Gasteiger partial charge in [-0.1, -0.05) is 15.9 Å². The molecule has 0 aliphatic carbocycles. The molecule has 0 spiro atoms. The number of alkyl halides is 1. The Labute approximate surface area is 77.2 Å². The zero-order chi connectivity index (χ0) is 9.28. The van der Waals surface area contributed by atoms with Gasteiger partial charge in [0.05, 0.1) is 5.50 Å². The number of hydrogen-bond acceptors (Lipinski definition) is 2. The predicted octanol–water partition coefficient (Wildman–Crippen LogP) is 1.07. The molecule has 11 heavy (non-hydrogen) atoms. The molecule has 0 saturated heterocycles. The van der Waals surface area contributed by atoms with Crippen LogP contribution in [0.1, 0.15) is 27.7 Å². The van der Waals surface area contributed by atoms with Crippen LogP contribution in [0.4, 0.5) is 0 Å². The van der Waals surface area contributed by atoms with Crippen molar-refractivity contribution in [1.29, 1.82) is 0 Å². The molecule has 0 saturated carbocycles. The van der Waals surface area contributed by atoms with E-state index in [-0.39, 0.29) is 5.97 Å². The highest BCUT2D eigenvalue weighted by Gasteiger charge is 2.29. The molecule has 0 aliphatic rings. The van der Waals surface area contributed by atoms with Crippen molar-refractivity contribution in [2.24, 2.45) is 0 Å². The average molecular weight is 221 g/mol. The monoisotopic (exact) mass is 220 g/mol. The van der Waals surface area contributed by atoms with Crippen molar-refractivity contribution in [1.82, 2.24) is 0 Å². The zero-order valence-electron chi connectivity index (χ0n) is 7.69. The van der Waals surface area contributed by atoms with Crippen LogP contribution in [0.15, 0.2) is 0 Å². The quantitative estimate of drug-likeness (QED) is 0.396. The van der Waals surface area contributed by atoms with Gasteiger partial charge < -0.3 is 4.74 Å². The molecule has 0 N–H and O–H groups in total. The Balaban J connectivity index is 4.11. The van der Waals surface area contributed by atoms with Gasteiger partial charge in [0.2, 0.25) is 0 Å². The maximum absolute atomic E-state index is 11.2. The minimum absolute atomic E-state index is 0.231. The van der Waals surface area contributed by atoms with E-state index in [2.05, 4.69) is 15.9 Å². The van der Waals surface area contributed by atoms with Crippen LogP contribution in [0, 0.1) is 0 Å². The number of hydrogen-bond donors (Lipinski definition) is 0. The first-order chi connectivity index (χ1) is 4.63. The van der Waals surface area contributed by atoms with Crippen molar-refractivity contribution >= 4 is 29.7 Å². The average Bonchev–Trinajstić information content (AvgIpc) is 1.56. The first-order valence-corrected chi connectivity index (χ1v) is 4.34. The van der Waals surface area contributed by atoms with Gasteiger partial charge in [-0.2, -0.15) is 0 Å². The van der Waals surface area contributed by atoms with E-state index >= 15 is 0 Å². The van der Waals surface area contributed by atoms with E-state index in [0.717, 1.165) is 0 Å². The maximum atomic E-state index is 11.2. The lowest BCUT2D eigenvalue weighted by molar-refractivity contribution is -0.151. The fourth-order valence-electron chi connectivity index (χ4n) is 0.399. The second-order valence-electron chi connectivity index (χ2n) is 3.97. The van der Waals surface area contributed by atoms with E-state index in [9.17, 15) is 4.79 Å². The molecule has 64 valence electrons. The van der Waals surface area contributed by atoms with Gasteiger partial charge in [-0.3, -0.25) is 4.79 Å². The molecule has 0 aromatic rings. The van der Waals surface area contributed by atoms with E-state index in [1.54, 1.807) is 13.8 Å². The Morgan fingerprint density at radius 3 is 1.82 bits per heavy atom. The van der Waals surface area contributed by atoms with Crippen LogP contribution in [-0.2, 0) is 9.53 Å². The van der Waals surface area contributed by atoms with Crippen LogP contribution in [0.2, 0.25) is 0 Å². The molecule has 0 bridgehead atoms. The zero-order valence-corrected chi connectivity index (χ0v) is 9.28. The molecular formula is C7H14BBrO2. The third-order valence-electron chi connectivity index (χ3n) is 0.884. The lowest BCUT2D eigenvalue weighted by Gasteiger charge is -2.24. The molecule has 0 aromatic carbocycles. The number of halogens is 1. The lowest BCUT2D eigenvalue weighted by atomic mass is 9.85. The summed E-state index contributed by atoms with van der Waals surface area (Å²) in [5.74, 6) is -0.231. The Kier molecular flexibility index (Phi) is 3.18. The van der Waals surface area contributed by atoms with Crippen LogP contribution in [0.3, 0.4) is 0 Å². The summed E-state index contributed by atoms with van der Waals surface area (Å²) in [4.78, 5) is 11.2. The maximum Gasteiger partial charge on any atom is 0.322 e. The van der Waals surface area contributed by atoms with Gasteiger partial charge in [0, 0.05) is 0 Å². The van der Waals surface area contributed by atoms with Crippen molar-refractivity contribution < 1.29 is 9.53 Å². The molecule has 0 aliphatic heterocycles. The first kappa shape index (κ1) is 11.0. The number of rotatable bonds is 2. The van der Waals surface area contributed by atoms with Gasteiger partial charge in [0.25, 0.3) is 0 Å². The van der Waals surface area contributed by atoms with Gasteiger partial charge in [0.15, 0.2) is 7.85 Å². The molecule has 0 amide bonds. The summed E-state index contributed by atoms with van der Waals surface area (Å²) >= 11 is 3.22. The Morgan fingerprint density at radius 2 is 1.73 bits per heavy atom. The van der Waals surface area contributed by atoms with Gasteiger partial charge in [-0.25, -0.2) is 0 Å². The fourth-order valence-corrected chi connectivity index (χ4v) is 0.480. The SMILES string of the molecule is BC(C)(C)OC(=O)C(C)(C)Br. The molecule has 2 nitrogen and oxygen atoms in total. The van der Waals surface area contributed by atoms with Crippen molar-refractivity contribution in [2.45, 2.75) is 37.5 Å². The fraction of sp³-hybridized carbons (Fsp3) is 0.857.